The van der Waals surface area contributed by atoms with Crippen LogP contribution in [0.5, 0.6) is 11.5 Å². The maximum Gasteiger partial charge on any atom is 0.348 e. The van der Waals surface area contributed by atoms with E-state index in [-0.39, 0.29) is 18.3 Å². The van der Waals surface area contributed by atoms with Gasteiger partial charge in [-0.3, -0.25) is 0 Å². The second-order valence-corrected chi connectivity index (χ2v) is 4.44. The number of hydrogen-bond acceptors (Lipinski definition) is 5. The Morgan fingerprint density at radius 1 is 1.43 bits per heavy atom. The highest BCUT2D eigenvalue weighted by Crippen LogP contribution is 2.33. The SMILES string of the molecule is CCOC(=O)/C(C#N)=C/c1cccc(OC)c1OC(C)C. The summed E-state index contributed by atoms with van der Waals surface area (Å²) in [5, 5.41) is 9.09. The lowest BCUT2D eigenvalue weighted by atomic mass is 10.1. The van der Waals surface area contributed by atoms with Gasteiger partial charge in [0.25, 0.3) is 0 Å². The average molecular weight is 289 g/mol. The Bertz CT molecular complexity index is 570. The van der Waals surface area contributed by atoms with E-state index in [0.29, 0.717) is 17.1 Å². The van der Waals surface area contributed by atoms with Crippen molar-refractivity contribution in [2.24, 2.45) is 0 Å². The summed E-state index contributed by atoms with van der Waals surface area (Å²) in [6.07, 6.45) is 1.37. The molecule has 0 aliphatic heterocycles. The topological polar surface area (TPSA) is 68.6 Å². The molecule has 0 fully saturated rings. The van der Waals surface area contributed by atoms with Crippen molar-refractivity contribution >= 4 is 12.0 Å². The molecule has 0 saturated carbocycles. The molecule has 112 valence electrons. The van der Waals surface area contributed by atoms with Crippen LogP contribution in [-0.2, 0) is 9.53 Å². The summed E-state index contributed by atoms with van der Waals surface area (Å²) in [6, 6.07) is 7.11. The van der Waals surface area contributed by atoms with Crippen LogP contribution in [0.4, 0.5) is 0 Å². The zero-order valence-corrected chi connectivity index (χ0v) is 12.7. The molecule has 0 atom stereocenters. The second-order valence-electron chi connectivity index (χ2n) is 4.44. The summed E-state index contributed by atoms with van der Waals surface area (Å²) in [5.41, 5.74) is 0.506. The minimum atomic E-state index is -0.654. The molecule has 0 unspecified atom stereocenters. The molecular weight excluding hydrogens is 270 g/mol. The highest BCUT2D eigenvalue weighted by molar-refractivity contribution is 5.98. The first-order valence-corrected chi connectivity index (χ1v) is 6.66. The normalized spacial score (nSPS) is 11.0. The van der Waals surface area contributed by atoms with Crippen molar-refractivity contribution in [3.63, 3.8) is 0 Å². The van der Waals surface area contributed by atoms with Crippen LogP contribution in [0.15, 0.2) is 23.8 Å². The first kappa shape index (κ1) is 16.6. The molecule has 0 spiro atoms. The number of ether oxygens (including phenoxy) is 3. The Morgan fingerprint density at radius 3 is 2.67 bits per heavy atom. The highest BCUT2D eigenvalue weighted by Gasteiger charge is 2.15. The van der Waals surface area contributed by atoms with Crippen LogP contribution >= 0.6 is 0 Å². The monoisotopic (exact) mass is 289 g/mol. The fourth-order valence-electron chi connectivity index (χ4n) is 1.67. The summed E-state index contributed by atoms with van der Waals surface area (Å²) in [6.45, 7) is 5.67. The average Bonchev–Trinajstić information content (AvgIpc) is 2.45. The van der Waals surface area contributed by atoms with Crippen molar-refractivity contribution in [2.75, 3.05) is 13.7 Å². The minimum Gasteiger partial charge on any atom is -0.493 e. The first-order valence-electron chi connectivity index (χ1n) is 6.66. The van der Waals surface area contributed by atoms with E-state index in [4.69, 9.17) is 19.5 Å². The molecule has 0 heterocycles. The zero-order chi connectivity index (χ0) is 15.8. The summed E-state index contributed by atoms with van der Waals surface area (Å²) in [7, 11) is 1.53. The van der Waals surface area contributed by atoms with E-state index >= 15 is 0 Å². The number of carbonyl (C=O) groups is 1. The summed E-state index contributed by atoms with van der Waals surface area (Å²) >= 11 is 0. The van der Waals surface area contributed by atoms with E-state index in [1.165, 1.54) is 13.2 Å². The number of rotatable bonds is 6. The van der Waals surface area contributed by atoms with Crippen LogP contribution in [0, 0.1) is 11.3 Å². The van der Waals surface area contributed by atoms with Gasteiger partial charge in [0.1, 0.15) is 11.6 Å². The summed E-state index contributed by atoms with van der Waals surface area (Å²) < 4.78 is 15.8. The largest absolute Gasteiger partial charge is 0.493 e. The number of methoxy groups -OCH3 is 1. The van der Waals surface area contributed by atoms with E-state index < -0.39 is 5.97 Å². The summed E-state index contributed by atoms with van der Waals surface area (Å²) in [4.78, 5) is 11.7. The third-order valence-electron chi connectivity index (χ3n) is 2.50. The molecule has 5 nitrogen and oxygen atoms in total. The van der Waals surface area contributed by atoms with Gasteiger partial charge in [0.05, 0.1) is 19.8 Å². The van der Waals surface area contributed by atoms with Gasteiger partial charge in [-0.1, -0.05) is 12.1 Å². The van der Waals surface area contributed by atoms with Gasteiger partial charge in [-0.15, -0.1) is 0 Å². The second kappa shape index (κ2) is 7.95. The van der Waals surface area contributed by atoms with E-state index in [2.05, 4.69) is 0 Å². The maximum atomic E-state index is 11.7. The summed E-state index contributed by atoms with van der Waals surface area (Å²) in [5.74, 6) is 0.379. The molecule has 0 radical (unpaired) electrons. The molecule has 21 heavy (non-hydrogen) atoms. The fourth-order valence-corrected chi connectivity index (χ4v) is 1.67. The molecule has 0 N–H and O–H groups in total. The molecule has 1 rings (SSSR count). The van der Waals surface area contributed by atoms with Crippen molar-refractivity contribution < 1.29 is 19.0 Å². The van der Waals surface area contributed by atoms with Crippen LogP contribution in [0.1, 0.15) is 26.3 Å². The molecule has 1 aromatic carbocycles. The van der Waals surface area contributed by atoms with Gasteiger partial charge in [-0.2, -0.15) is 5.26 Å². The van der Waals surface area contributed by atoms with Crippen molar-refractivity contribution in [1.29, 1.82) is 5.26 Å². The third kappa shape index (κ3) is 4.53. The van der Waals surface area contributed by atoms with Crippen LogP contribution in [0.25, 0.3) is 6.08 Å². The number of benzene rings is 1. The quantitative estimate of drug-likeness (QED) is 0.457. The smallest absolute Gasteiger partial charge is 0.348 e. The Kier molecular flexibility index (Phi) is 6.28. The van der Waals surface area contributed by atoms with Gasteiger partial charge in [0, 0.05) is 5.56 Å². The molecule has 0 aromatic heterocycles. The molecule has 0 aliphatic carbocycles. The molecule has 0 bridgehead atoms. The van der Waals surface area contributed by atoms with Crippen molar-refractivity contribution in [1.82, 2.24) is 0 Å². The first-order chi connectivity index (χ1) is 10.0. The van der Waals surface area contributed by atoms with Gasteiger partial charge in [-0.25, -0.2) is 4.79 Å². The number of para-hydroxylation sites is 1. The maximum absolute atomic E-state index is 11.7. The van der Waals surface area contributed by atoms with Crippen molar-refractivity contribution in [3.05, 3.63) is 29.3 Å². The fraction of sp³-hybridized carbons (Fsp3) is 0.375. The third-order valence-corrected chi connectivity index (χ3v) is 2.50. The van der Waals surface area contributed by atoms with Crippen LogP contribution in [0.2, 0.25) is 0 Å². The number of carbonyl (C=O) groups excluding carboxylic acids is 1. The molecule has 1 aromatic rings. The number of nitrogens with zero attached hydrogens (tertiary/aromatic N) is 1. The molecule has 5 heteroatoms. The van der Waals surface area contributed by atoms with Crippen LogP contribution in [-0.4, -0.2) is 25.8 Å². The number of esters is 1. The van der Waals surface area contributed by atoms with E-state index in [0.717, 1.165) is 0 Å². The highest BCUT2D eigenvalue weighted by atomic mass is 16.5. The van der Waals surface area contributed by atoms with Crippen molar-refractivity contribution in [3.8, 4) is 17.6 Å². The molecular formula is C16H19NO4. The van der Waals surface area contributed by atoms with Gasteiger partial charge in [0.15, 0.2) is 11.5 Å². The Hall–Kier alpha value is -2.48. The van der Waals surface area contributed by atoms with Gasteiger partial charge in [0.2, 0.25) is 0 Å². The van der Waals surface area contributed by atoms with Gasteiger partial charge >= 0.3 is 5.97 Å². The number of nitriles is 1. The van der Waals surface area contributed by atoms with Gasteiger partial charge < -0.3 is 14.2 Å². The molecule has 0 amide bonds. The lowest BCUT2D eigenvalue weighted by molar-refractivity contribution is -0.137. The lowest BCUT2D eigenvalue weighted by Crippen LogP contribution is -2.09. The van der Waals surface area contributed by atoms with E-state index in [1.807, 2.05) is 19.9 Å². The van der Waals surface area contributed by atoms with Crippen LogP contribution in [0.3, 0.4) is 0 Å². The van der Waals surface area contributed by atoms with Crippen molar-refractivity contribution in [2.45, 2.75) is 26.9 Å². The lowest BCUT2D eigenvalue weighted by Gasteiger charge is -2.16. The predicted octanol–water partition coefficient (Wildman–Crippen LogP) is 2.95. The number of hydrogen-bond donors (Lipinski definition) is 0. The minimum absolute atomic E-state index is 0.0680. The van der Waals surface area contributed by atoms with Gasteiger partial charge in [-0.05, 0) is 32.9 Å². The van der Waals surface area contributed by atoms with E-state index in [1.54, 1.807) is 25.1 Å². The van der Waals surface area contributed by atoms with E-state index in [9.17, 15) is 4.79 Å². The standard InChI is InChI=1S/C16H19NO4/c1-5-20-16(18)13(10-17)9-12-7-6-8-14(19-4)15(12)21-11(2)3/h6-9,11H,5H2,1-4H3/b13-9+. The Morgan fingerprint density at radius 2 is 2.14 bits per heavy atom. The van der Waals surface area contributed by atoms with Crippen LogP contribution < -0.4 is 9.47 Å². The zero-order valence-electron chi connectivity index (χ0n) is 12.7. The Balaban J connectivity index is 3.28. The Labute approximate surface area is 124 Å². The molecule has 0 saturated heterocycles. The predicted molar refractivity (Wildman–Crippen MR) is 79.0 cm³/mol. The molecule has 0 aliphatic rings.